The number of amides is 3. The van der Waals surface area contributed by atoms with Crippen LogP contribution in [0.25, 0.3) is 0 Å². The van der Waals surface area contributed by atoms with E-state index < -0.39 is 32.8 Å². The van der Waals surface area contributed by atoms with Crippen LogP contribution in [0.2, 0.25) is 0 Å². The third-order valence-corrected chi connectivity index (χ3v) is 8.11. The third kappa shape index (κ3) is 3.84. The molecule has 2 fully saturated rings. The van der Waals surface area contributed by atoms with Crippen molar-refractivity contribution in [1.82, 2.24) is 20.1 Å². The number of hydrogen-bond acceptors (Lipinski definition) is 7. The Bertz CT molecular complexity index is 1190. The van der Waals surface area contributed by atoms with Crippen LogP contribution in [0.4, 0.5) is 4.79 Å². The molecule has 2 aliphatic heterocycles. The van der Waals surface area contributed by atoms with Gasteiger partial charge in [-0.25, -0.2) is 17.9 Å². The van der Waals surface area contributed by atoms with Crippen molar-refractivity contribution < 1.29 is 27.1 Å². The van der Waals surface area contributed by atoms with Crippen molar-refractivity contribution in [3.05, 3.63) is 41.3 Å². The van der Waals surface area contributed by atoms with E-state index in [0.29, 0.717) is 23.7 Å². The maximum Gasteiger partial charge on any atom is 0.501 e. The van der Waals surface area contributed by atoms with Gasteiger partial charge in [-0.3, -0.25) is 0 Å². The van der Waals surface area contributed by atoms with Crippen LogP contribution in [0.3, 0.4) is 0 Å². The van der Waals surface area contributed by atoms with Crippen LogP contribution in [0.5, 0.6) is 0 Å². The van der Waals surface area contributed by atoms with Gasteiger partial charge in [-0.1, -0.05) is 11.2 Å². The molecule has 1 aromatic heterocycles. The van der Waals surface area contributed by atoms with Gasteiger partial charge in [0, 0.05) is 30.6 Å². The lowest BCUT2D eigenvalue weighted by Crippen LogP contribution is -2.55. The van der Waals surface area contributed by atoms with Crippen molar-refractivity contribution in [1.29, 1.82) is 0 Å². The largest absolute Gasteiger partial charge is 0.501 e. The standard InChI is InChI=1S/C21H26N5O5S/c1-13-7-15(31-23-13)12-26-19(27)17-8-16(32(29,30)24-21(2)5-6-21)3-4-18(17)25(20(26)28)11-14-9-22-10-14/h3-4,7-8,14,16,22,24H,5-6,9-12H2,1-2H3/q+1. The Hall–Kier alpha value is -2.63. The number of sulfonamides is 1. The van der Waals surface area contributed by atoms with Crippen LogP contribution in [0, 0.1) is 12.8 Å². The van der Waals surface area contributed by atoms with Gasteiger partial charge in [0.15, 0.2) is 12.3 Å². The molecule has 1 saturated heterocycles. The summed E-state index contributed by atoms with van der Waals surface area (Å²) in [5, 5.41) is 6.02. The predicted molar refractivity (Wildman–Crippen MR) is 114 cm³/mol. The van der Waals surface area contributed by atoms with Crippen LogP contribution < -0.4 is 10.0 Å². The average molecular weight is 461 g/mol. The molecular weight excluding hydrogens is 434 g/mol. The quantitative estimate of drug-likeness (QED) is 0.566. The number of nitrogens with one attached hydrogen (secondary N) is 2. The SMILES string of the molecule is Cc1cc(CN2C(=O)C3=CC(S(=O)(=O)NC4(C)CC4)C=CC3=[N+](CC3CNC3)C2=O)on1. The number of allylic oxidation sites excluding steroid dienone is 1. The van der Waals surface area contributed by atoms with E-state index in [1.807, 2.05) is 6.92 Å². The van der Waals surface area contributed by atoms with E-state index in [4.69, 9.17) is 4.52 Å². The van der Waals surface area contributed by atoms with E-state index in [1.165, 1.54) is 12.2 Å². The van der Waals surface area contributed by atoms with Gasteiger partial charge in [0.2, 0.25) is 10.0 Å². The fraction of sp³-hybridized carbons (Fsp3) is 0.524. The molecule has 0 aromatic carbocycles. The monoisotopic (exact) mass is 460 g/mol. The first-order chi connectivity index (χ1) is 15.2. The summed E-state index contributed by atoms with van der Waals surface area (Å²) in [4.78, 5) is 27.7. The lowest BCUT2D eigenvalue weighted by molar-refractivity contribution is -0.447. The highest BCUT2D eigenvalue weighted by molar-refractivity contribution is 7.90. The molecule has 0 bridgehead atoms. The van der Waals surface area contributed by atoms with Gasteiger partial charge in [0.25, 0.3) is 0 Å². The lowest BCUT2D eigenvalue weighted by Gasteiger charge is -2.30. The lowest BCUT2D eigenvalue weighted by atomic mass is 9.97. The maximum atomic E-state index is 13.3. The molecule has 170 valence electrons. The third-order valence-electron chi connectivity index (χ3n) is 6.32. The Balaban J connectivity index is 1.51. The van der Waals surface area contributed by atoms with Gasteiger partial charge in [-0.05, 0) is 38.8 Å². The Morgan fingerprint density at radius 3 is 2.69 bits per heavy atom. The van der Waals surface area contributed by atoms with Crippen molar-refractivity contribution in [3.8, 4) is 0 Å². The van der Waals surface area contributed by atoms with Crippen LogP contribution >= 0.6 is 0 Å². The fourth-order valence-corrected chi connectivity index (χ4v) is 5.70. The minimum absolute atomic E-state index is 0.0694. The normalized spacial score (nSPS) is 25.0. The summed E-state index contributed by atoms with van der Waals surface area (Å²) in [6.45, 7) is 5.56. The van der Waals surface area contributed by atoms with Gasteiger partial charge in [-0.2, -0.15) is 9.37 Å². The minimum atomic E-state index is -3.71. The first kappa shape index (κ1) is 21.2. The molecule has 1 unspecified atom stereocenters. The average Bonchev–Trinajstić information content (AvgIpc) is 3.27. The molecule has 1 saturated carbocycles. The number of aromatic nitrogens is 1. The molecule has 3 amide bonds. The zero-order valence-corrected chi connectivity index (χ0v) is 18.8. The Kier molecular flexibility index (Phi) is 4.95. The van der Waals surface area contributed by atoms with Crippen molar-refractivity contribution >= 4 is 27.7 Å². The van der Waals surface area contributed by atoms with E-state index in [0.717, 1.165) is 30.8 Å². The summed E-state index contributed by atoms with van der Waals surface area (Å²) in [7, 11) is -3.71. The number of fused-ring (bicyclic) bond motifs is 1. The van der Waals surface area contributed by atoms with Gasteiger partial charge >= 0.3 is 11.9 Å². The predicted octanol–water partition coefficient (Wildman–Crippen LogP) is 0.455. The Morgan fingerprint density at radius 2 is 2.09 bits per heavy atom. The van der Waals surface area contributed by atoms with Crippen LogP contribution in [-0.2, 0) is 21.4 Å². The number of carbonyl (C=O) groups excluding carboxylic acids is 2. The zero-order chi connectivity index (χ0) is 22.7. The van der Waals surface area contributed by atoms with Crippen LogP contribution in [0.15, 0.2) is 34.4 Å². The van der Waals surface area contributed by atoms with E-state index in [-0.39, 0.29) is 18.0 Å². The van der Waals surface area contributed by atoms with Crippen molar-refractivity contribution in [3.63, 3.8) is 0 Å². The number of urea groups is 1. The van der Waals surface area contributed by atoms with Gasteiger partial charge < -0.3 is 9.84 Å². The Morgan fingerprint density at radius 1 is 1.34 bits per heavy atom. The minimum Gasteiger partial charge on any atom is -0.357 e. The number of aryl methyl sites for hydroxylation is 1. The van der Waals surface area contributed by atoms with Gasteiger partial charge in [-0.15, -0.1) is 4.90 Å². The summed E-state index contributed by atoms with van der Waals surface area (Å²) in [5.74, 6) is 0.114. The molecule has 1 atom stereocenters. The Labute approximate surface area is 186 Å². The highest BCUT2D eigenvalue weighted by Gasteiger charge is 2.48. The molecule has 5 rings (SSSR count). The molecule has 3 heterocycles. The summed E-state index contributed by atoms with van der Waals surface area (Å²) in [6.07, 6.45) is 6.15. The van der Waals surface area contributed by atoms with Crippen molar-refractivity contribution in [2.45, 2.75) is 44.0 Å². The molecule has 4 aliphatic rings. The van der Waals surface area contributed by atoms with E-state index >= 15 is 0 Å². The van der Waals surface area contributed by atoms with Crippen molar-refractivity contribution in [2.75, 3.05) is 19.6 Å². The fourth-order valence-electron chi connectivity index (χ4n) is 4.07. The molecule has 0 radical (unpaired) electrons. The molecule has 10 nitrogen and oxygen atoms in total. The first-order valence-electron chi connectivity index (χ1n) is 10.7. The maximum absolute atomic E-state index is 13.3. The van der Waals surface area contributed by atoms with Gasteiger partial charge in [0.1, 0.15) is 16.5 Å². The second-order valence-corrected chi connectivity index (χ2v) is 11.1. The van der Waals surface area contributed by atoms with Crippen LogP contribution in [-0.4, -0.2) is 71.1 Å². The van der Waals surface area contributed by atoms with E-state index in [1.54, 1.807) is 23.6 Å². The smallest absolute Gasteiger partial charge is 0.357 e. The highest BCUT2D eigenvalue weighted by Crippen LogP contribution is 2.36. The second-order valence-electron chi connectivity index (χ2n) is 9.24. The van der Waals surface area contributed by atoms with Gasteiger partial charge in [0.05, 0.1) is 12.2 Å². The number of carbonyl (C=O) groups is 2. The summed E-state index contributed by atoms with van der Waals surface area (Å²) >= 11 is 0. The summed E-state index contributed by atoms with van der Waals surface area (Å²) in [5.41, 5.74) is 0.890. The summed E-state index contributed by atoms with van der Waals surface area (Å²) < 4.78 is 35.4. The second kappa shape index (κ2) is 7.46. The number of nitrogens with zero attached hydrogens (tertiary/aromatic N) is 3. The van der Waals surface area contributed by atoms with Crippen LogP contribution in [0.1, 0.15) is 31.2 Å². The number of hydrogen-bond donors (Lipinski definition) is 2. The molecule has 32 heavy (non-hydrogen) atoms. The topological polar surface area (TPSA) is 125 Å². The molecule has 2 aliphatic carbocycles. The van der Waals surface area contributed by atoms with E-state index in [9.17, 15) is 18.0 Å². The number of imide groups is 1. The zero-order valence-electron chi connectivity index (χ0n) is 18.0. The van der Waals surface area contributed by atoms with Crippen molar-refractivity contribution in [2.24, 2.45) is 5.92 Å². The molecule has 0 spiro atoms. The molecular formula is C21H26N5O5S+. The molecule has 1 aromatic rings. The molecule has 2 N–H and O–H groups in total. The highest BCUT2D eigenvalue weighted by atomic mass is 32.2. The summed E-state index contributed by atoms with van der Waals surface area (Å²) in [6, 6.07) is 1.22. The first-order valence-corrected chi connectivity index (χ1v) is 12.3. The number of rotatable bonds is 7. The van der Waals surface area contributed by atoms with E-state index in [2.05, 4.69) is 15.2 Å². The molecule has 11 heteroatoms.